The molecule has 0 saturated carbocycles. The second-order valence-corrected chi connectivity index (χ2v) is 5.53. The Morgan fingerprint density at radius 2 is 1.91 bits per heavy atom. The standard InChI is InChI=1S/C18H18N2O3/c21-17(11-13-5-1-2-6-13)19-15-7-3-4-8-16(15)20-18(22)14-9-10-23-12-14/h1,3-5,7-10,12-13H,2,6,11H2,(H,19,21)(H,20,22). The van der Waals surface area contributed by atoms with E-state index in [2.05, 4.69) is 22.8 Å². The molecule has 0 bridgehead atoms. The van der Waals surface area contributed by atoms with Crippen LogP contribution in [-0.4, -0.2) is 11.8 Å². The van der Waals surface area contributed by atoms with E-state index in [-0.39, 0.29) is 11.8 Å². The molecule has 2 N–H and O–H groups in total. The molecular weight excluding hydrogens is 292 g/mol. The molecule has 1 heterocycles. The van der Waals surface area contributed by atoms with E-state index < -0.39 is 0 Å². The monoisotopic (exact) mass is 310 g/mol. The smallest absolute Gasteiger partial charge is 0.258 e. The van der Waals surface area contributed by atoms with E-state index in [1.807, 2.05) is 6.07 Å². The van der Waals surface area contributed by atoms with Gasteiger partial charge in [-0.3, -0.25) is 9.59 Å². The number of allylic oxidation sites excluding steroid dienone is 2. The van der Waals surface area contributed by atoms with Gasteiger partial charge in [-0.15, -0.1) is 0 Å². The lowest BCUT2D eigenvalue weighted by Gasteiger charge is -2.13. The first kappa shape index (κ1) is 15.1. The summed E-state index contributed by atoms with van der Waals surface area (Å²) in [4.78, 5) is 24.3. The maximum absolute atomic E-state index is 12.2. The van der Waals surface area contributed by atoms with Crippen LogP contribution in [0, 0.1) is 5.92 Å². The normalized spacial score (nSPS) is 16.3. The molecule has 0 saturated heterocycles. The summed E-state index contributed by atoms with van der Waals surface area (Å²) in [6.07, 6.45) is 9.53. The molecule has 1 unspecified atom stereocenters. The van der Waals surface area contributed by atoms with Crippen LogP contribution in [0.4, 0.5) is 11.4 Å². The number of anilines is 2. The number of hydrogen-bond donors (Lipinski definition) is 2. The van der Waals surface area contributed by atoms with Gasteiger partial charge in [0.1, 0.15) is 6.26 Å². The summed E-state index contributed by atoms with van der Waals surface area (Å²) in [7, 11) is 0. The summed E-state index contributed by atoms with van der Waals surface area (Å²) in [5, 5.41) is 5.66. The Bertz CT molecular complexity index is 720. The van der Waals surface area contributed by atoms with Gasteiger partial charge in [0, 0.05) is 6.42 Å². The number of furan rings is 1. The molecule has 0 fully saturated rings. The summed E-state index contributed by atoms with van der Waals surface area (Å²) in [6.45, 7) is 0. The molecule has 0 spiro atoms. The zero-order valence-electron chi connectivity index (χ0n) is 12.6. The van der Waals surface area contributed by atoms with Crippen molar-refractivity contribution in [3.8, 4) is 0 Å². The van der Waals surface area contributed by atoms with Crippen LogP contribution >= 0.6 is 0 Å². The Labute approximate surface area is 134 Å². The van der Waals surface area contributed by atoms with Crippen molar-refractivity contribution in [1.82, 2.24) is 0 Å². The maximum atomic E-state index is 12.2. The van der Waals surface area contributed by atoms with Gasteiger partial charge in [-0.2, -0.15) is 0 Å². The van der Waals surface area contributed by atoms with Crippen LogP contribution in [0.5, 0.6) is 0 Å². The van der Waals surface area contributed by atoms with Crippen molar-refractivity contribution in [2.75, 3.05) is 10.6 Å². The quantitative estimate of drug-likeness (QED) is 0.825. The third-order valence-electron chi connectivity index (χ3n) is 3.79. The molecule has 1 atom stereocenters. The van der Waals surface area contributed by atoms with Gasteiger partial charge < -0.3 is 15.1 Å². The molecule has 1 aliphatic carbocycles. The van der Waals surface area contributed by atoms with E-state index in [9.17, 15) is 9.59 Å². The average molecular weight is 310 g/mol. The van der Waals surface area contributed by atoms with Gasteiger partial charge in [0.25, 0.3) is 5.91 Å². The molecule has 2 amide bonds. The van der Waals surface area contributed by atoms with Crippen LogP contribution in [0.3, 0.4) is 0 Å². The molecule has 1 aromatic heterocycles. The van der Waals surface area contributed by atoms with Crippen molar-refractivity contribution in [2.24, 2.45) is 5.92 Å². The molecule has 3 rings (SSSR count). The van der Waals surface area contributed by atoms with Crippen LogP contribution in [0.2, 0.25) is 0 Å². The van der Waals surface area contributed by atoms with E-state index in [0.717, 1.165) is 12.8 Å². The highest BCUT2D eigenvalue weighted by Crippen LogP contribution is 2.24. The number of para-hydroxylation sites is 2. The number of hydrogen-bond acceptors (Lipinski definition) is 3. The van der Waals surface area contributed by atoms with Crippen molar-refractivity contribution in [2.45, 2.75) is 19.3 Å². The van der Waals surface area contributed by atoms with Crippen LogP contribution in [0.1, 0.15) is 29.6 Å². The zero-order valence-corrected chi connectivity index (χ0v) is 12.6. The molecule has 23 heavy (non-hydrogen) atoms. The minimum atomic E-state index is -0.279. The SMILES string of the molecule is O=C(CC1C=CCC1)Nc1ccccc1NC(=O)c1ccoc1. The molecule has 118 valence electrons. The van der Waals surface area contributed by atoms with Crippen LogP contribution < -0.4 is 10.6 Å². The summed E-state index contributed by atoms with van der Waals surface area (Å²) < 4.78 is 4.91. The third kappa shape index (κ3) is 3.88. The molecule has 2 aromatic rings. The number of carbonyl (C=O) groups is 2. The first-order valence-corrected chi connectivity index (χ1v) is 7.61. The Balaban J connectivity index is 1.66. The summed E-state index contributed by atoms with van der Waals surface area (Å²) in [5.74, 6) is -0.0200. The largest absolute Gasteiger partial charge is 0.472 e. The lowest BCUT2D eigenvalue weighted by molar-refractivity contribution is -0.116. The maximum Gasteiger partial charge on any atom is 0.258 e. The Morgan fingerprint density at radius 3 is 2.57 bits per heavy atom. The molecule has 1 aliphatic rings. The van der Waals surface area contributed by atoms with Gasteiger partial charge >= 0.3 is 0 Å². The highest BCUT2D eigenvalue weighted by Gasteiger charge is 2.16. The Morgan fingerprint density at radius 1 is 1.13 bits per heavy atom. The van der Waals surface area contributed by atoms with E-state index in [1.165, 1.54) is 12.5 Å². The topological polar surface area (TPSA) is 71.3 Å². The molecule has 0 radical (unpaired) electrons. The first-order valence-electron chi connectivity index (χ1n) is 7.61. The summed E-state index contributed by atoms with van der Waals surface area (Å²) >= 11 is 0. The number of nitrogens with one attached hydrogen (secondary N) is 2. The minimum absolute atomic E-state index is 0.0495. The highest BCUT2D eigenvalue weighted by molar-refractivity contribution is 6.07. The Kier molecular flexibility index (Phi) is 4.57. The van der Waals surface area contributed by atoms with Crippen molar-refractivity contribution in [1.29, 1.82) is 0 Å². The van der Waals surface area contributed by atoms with E-state index in [1.54, 1.807) is 24.3 Å². The average Bonchev–Trinajstić information content (AvgIpc) is 3.22. The summed E-state index contributed by atoms with van der Waals surface area (Å²) in [5.41, 5.74) is 1.59. The number of carbonyl (C=O) groups excluding carboxylic acids is 2. The van der Waals surface area contributed by atoms with Gasteiger partial charge in [0.05, 0.1) is 23.2 Å². The number of amides is 2. The van der Waals surface area contributed by atoms with Crippen LogP contribution in [-0.2, 0) is 4.79 Å². The van der Waals surface area contributed by atoms with Crippen LogP contribution in [0.15, 0.2) is 59.4 Å². The fourth-order valence-electron chi connectivity index (χ4n) is 2.59. The fourth-order valence-corrected chi connectivity index (χ4v) is 2.59. The lowest BCUT2D eigenvalue weighted by atomic mass is 10.0. The van der Waals surface area contributed by atoms with Gasteiger partial charge in [-0.25, -0.2) is 0 Å². The number of rotatable bonds is 5. The van der Waals surface area contributed by atoms with E-state index in [0.29, 0.717) is 29.3 Å². The predicted octanol–water partition coefficient (Wildman–Crippen LogP) is 3.83. The van der Waals surface area contributed by atoms with Crippen molar-refractivity contribution in [3.05, 3.63) is 60.6 Å². The second kappa shape index (κ2) is 6.96. The Hall–Kier alpha value is -2.82. The van der Waals surface area contributed by atoms with E-state index in [4.69, 9.17) is 4.42 Å². The zero-order chi connectivity index (χ0) is 16.1. The molecule has 5 nitrogen and oxygen atoms in total. The van der Waals surface area contributed by atoms with E-state index >= 15 is 0 Å². The minimum Gasteiger partial charge on any atom is -0.472 e. The highest BCUT2D eigenvalue weighted by atomic mass is 16.3. The lowest BCUT2D eigenvalue weighted by Crippen LogP contribution is -2.17. The molecular formula is C18H18N2O3. The first-order chi connectivity index (χ1) is 11.2. The second-order valence-electron chi connectivity index (χ2n) is 5.53. The predicted molar refractivity (Wildman–Crippen MR) is 88.2 cm³/mol. The van der Waals surface area contributed by atoms with Gasteiger partial charge in [0.15, 0.2) is 0 Å². The summed E-state index contributed by atoms with van der Waals surface area (Å²) in [6, 6.07) is 8.73. The van der Waals surface area contributed by atoms with Crippen molar-refractivity contribution < 1.29 is 14.0 Å². The molecule has 1 aromatic carbocycles. The van der Waals surface area contributed by atoms with Gasteiger partial charge in [-0.05, 0) is 37.0 Å². The van der Waals surface area contributed by atoms with Crippen molar-refractivity contribution >= 4 is 23.2 Å². The van der Waals surface area contributed by atoms with Crippen molar-refractivity contribution in [3.63, 3.8) is 0 Å². The number of benzene rings is 1. The van der Waals surface area contributed by atoms with Gasteiger partial charge in [-0.1, -0.05) is 24.3 Å². The molecule has 0 aliphatic heterocycles. The molecule has 5 heteroatoms. The van der Waals surface area contributed by atoms with Gasteiger partial charge in [0.2, 0.25) is 5.91 Å². The third-order valence-corrected chi connectivity index (χ3v) is 3.79. The van der Waals surface area contributed by atoms with Crippen LogP contribution in [0.25, 0.3) is 0 Å². The fraction of sp³-hybridized carbons (Fsp3) is 0.222.